The first-order valence-corrected chi connectivity index (χ1v) is 8.35. The molecule has 1 aromatic heterocycles. The largest absolute Gasteiger partial charge is 0.481 e. The van der Waals surface area contributed by atoms with E-state index in [1.807, 2.05) is 18.2 Å². The number of aliphatic imine (C=N–C) groups is 1. The van der Waals surface area contributed by atoms with E-state index in [0.717, 1.165) is 36.5 Å². The third-order valence-corrected chi connectivity index (χ3v) is 4.58. The summed E-state index contributed by atoms with van der Waals surface area (Å²) < 4.78 is 18.6. The van der Waals surface area contributed by atoms with Crippen LogP contribution < -0.4 is 15.4 Å². The van der Waals surface area contributed by atoms with Crippen molar-refractivity contribution in [2.24, 2.45) is 4.99 Å². The predicted molar refractivity (Wildman–Crippen MR) is 96.3 cm³/mol. The zero-order valence-corrected chi connectivity index (χ0v) is 14.6. The van der Waals surface area contributed by atoms with E-state index in [9.17, 15) is 4.39 Å². The van der Waals surface area contributed by atoms with Crippen LogP contribution in [0.5, 0.6) is 5.88 Å². The number of methoxy groups -OCH3 is 1. The first kappa shape index (κ1) is 17.2. The quantitative estimate of drug-likeness (QED) is 0.626. The molecule has 132 valence electrons. The Kier molecular flexibility index (Phi) is 5.16. The summed E-state index contributed by atoms with van der Waals surface area (Å²) in [7, 11) is 3.34. The summed E-state index contributed by atoms with van der Waals surface area (Å²) in [6.45, 7) is 1.35. The van der Waals surface area contributed by atoms with Crippen LogP contribution in [0, 0.1) is 5.82 Å². The second-order valence-electron chi connectivity index (χ2n) is 6.28. The molecule has 0 unspecified atom stereocenters. The first-order valence-electron chi connectivity index (χ1n) is 8.35. The number of benzene rings is 1. The molecular formula is C19H23FN4O. The van der Waals surface area contributed by atoms with Gasteiger partial charge in [0.1, 0.15) is 5.82 Å². The van der Waals surface area contributed by atoms with Crippen LogP contribution in [-0.2, 0) is 12.0 Å². The van der Waals surface area contributed by atoms with E-state index in [4.69, 9.17) is 4.74 Å². The topological polar surface area (TPSA) is 58.5 Å². The number of hydrogen-bond acceptors (Lipinski definition) is 3. The third kappa shape index (κ3) is 4.26. The molecule has 0 amide bonds. The standard InChI is InChI=1S/C19H23FN4O/c1-21-18(23-12-14-6-9-22-17(10-14)25-2)24-13-19(7-8-19)15-4-3-5-16(20)11-15/h3-6,9-11H,7-8,12-13H2,1-2H3,(H2,21,23,24). The second kappa shape index (κ2) is 7.51. The number of nitrogens with zero attached hydrogens (tertiary/aromatic N) is 2. The Morgan fingerprint density at radius 1 is 1.28 bits per heavy atom. The molecule has 1 heterocycles. The zero-order chi connectivity index (χ0) is 17.7. The van der Waals surface area contributed by atoms with Crippen molar-refractivity contribution in [1.29, 1.82) is 0 Å². The number of pyridine rings is 1. The molecular weight excluding hydrogens is 319 g/mol. The molecule has 3 rings (SSSR count). The molecule has 0 bridgehead atoms. The van der Waals surface area contributed by atoms with Crippen LogP contribution in [0.1, 0.15) is 24.0 Å². The number of nitrogens with one attached hydrogen (secondary N) is 2. The monoisotopic (exact) mass is 342 g/mol. The van der Waals surface area contributed by atoms with E-state index in [1.54, 1.807) is 32.5 Å². The van der Waals surface area contributed by atoms with Gasteiger partial charge in [0.15, 0.2) is 5.96 Å². The number of rotatable bonds is 6. The molecule has 6 heteroatoms. The van der Waals surface area contributed by atoms with Crippen LogP contribution in [0.4, 0.5) is 4.39 Å². The maximum atomic E-state index is 13.5. The molecule has 0 spiro atoms. The van der Waals surface area contributed by atoms with Crippen molar-refractivity contribution >= 4 is 5.96 Å². The van der Waals surface area contributed by atoms with E-state index in [2.05, 4.69) is 20.6 Å². The molecule has 0 aliphatic heterocycles. The van der Waals surface area contributed by atoms with E-state index in [-0.39, 0.29) is 11.2 Å². The molecule has 0 saturated heterocycles. The van der Waals surface area contributed by atoms with Gasteiger partial charge in [-0.1, -0.05) is 12.1 Å². The summed E-state index contributed by atoms with van der Waals surface area (Å²) in [5, 5.41) is 6.64. The summed E-state index contributed by atoms with van der Waals surface area (Å²) in [6.07, 6.45) is 3.83. The molecule has 1 aromatic carbocycles. The maximum absolute atomic E-state index is 13.5. The van der Waals surface area contributed by atoms with E-state index in [1.165, 1.54) is 6.07 Å². The second-order valence-corrected chi connectivity index (χ2v) is 6.28. The Balaban J connectivity index is 1.56. The van der Waals surface area contributed by atoms with Crippen LogP contribution >= 0.6 is 0 Å². The number of halogens is 1. The molecule has 1 aliphatic rings. The van der Waals surface area contributed by atoms with Crippen molar-refractivity contribution in [1.82, 2.24) is 15.6 Å². The number of aromatic nitrogens is 1. The van der Waals surface area contributed by atoms with E-state index in [0.29, 0.717) is 12.4 Å². The fourth-order valence-electron chi connectivity index (χ4n) is 2.87. The molecule has 1 saturated carbocycles. The van der Waals surface area contributed by atoms with Gasteiger partial charge in [-0.25, -0.2) is 9.37 Å². The fraction of sp³-hybridized carbons (Fsp3) is 0.368. The van der Waals surface area contributed by atoms with Crippen molar-refractivity contribution in [2.75, 3.05) is 20.7 Å². The van der Waals surface area contributed by atoms with Crippen LogP contribution in [-0.4, -0.2) is 31.6 Å². The number of ether oxygens (including phenoxy) is 1. The Bertz CT molecular complexity index is 759. The van der Waals surface area contributed by atoms with Crippen molar-refractivity contribution in [3.63, 3.8) is 0 Å². The number of hydrogen-bond donors (Lipinski definition) is 2. The summed E-state index contributed by atoms with van der Waals surface area (Å²) in [4.78, 5) is 8.36. The van der Waals surface area contributed by atoms with Gasteiger partial charge in [-0.05, 0) is 42.2 Å². The summed E-state index contributed by atoms with van der Waals surface area (Å²) >= 11 is 0. The summed E-state index contributed by atoms with van der Waals surface area (Å²) in [5.74, 6) is 1.13. The lowest BCUT2D eigenvalue weighted by atomic mass is 9.96. The van der Waals surface area contributed by atoms with Crippen molar-refractivity contribution in [3.8, 4) is 5.88 Å². The van der Waals surface area contributed by atoms with Crippen molar-refractivity contribution < 1.29 is 9.13 Å². The average molecular weight is 342 g/mol. The van der Waals surface area contributed by atoms with Gasteiger partial charge in [0.05, 0.1) is 7.11 Å². The molecule has 5 nitrogen and oxygen atoms in total. The number of guanidine groups is 1. The minimum absolute atomic E-state index is 0.0135. The SMILES string of the molecule is CN=C(NCc1ccnc(OC)c1)NCC1(c2cccc(F)c2)CC1. The first-order chi connectivity index (χ1) is 12.1. The smallest absolute Gasteiger partial charge is 0.213 e. The summed E-state index contributed by atoms with van der Waals surface area (Å²) in [5.41, 5.74) is 2.12. The predicted octanol–water partition coefficient (Wildman–Crippen LogP) is 2.63. The average Bonchev–Trinajstić information content (AvgIpc) is 3.43. The zero-order valence-electron chi connectivity index (χ0n) is 14.6. The van der Waals surface area contributed by atoms with Gasteiger partial charge in [-0.2, -0.15) is 0 Å². The molecule has 2 aromatic rings. The molecule has 0 radical (unpaired) electrons. The lowest BCUT2D eigenvalue weighted by Gasteiger charge is -2.19. The fourth-order valence-corrected chi connectivity index (χ4v) is 2.87. The Labute approximate surface area is 147 Å². The van der Waals surface area contributed by atoms with Gasteiger partial charge in [0, 0.05) is 37.8 Å². The molecule has 1 fully saturated rings. The van der Waals surface area contributed by atoms with Crippen molar-refractivity contribution in [2.45, 2.75) is 24.8 Å². The normalized spacial score (nSPS) is 15.6. The van der Waals surface area contributed by atoms with Gasteiger partial charge >= 0.3 is 0 Å². The lowest BCUT2D eigenvalue weighted by molar-refractivity contribution is 0.397. The molecule has 1 aliphatic carbocycles. The van der Waals surface area contributed by atoms with Crippen LogP contribution in [0.2, 0.25) is 0 Å². The third-order valence-electron chi connectivity index (χ3n) is 4.58. The van der Waals surface area contributed by atoms with Crippen LogP contribution in [0.25, 0.3) is 0 Å². The van der Waals surface area contributed by atoms with Crippen LogP contribution in [0.3, 0.4) is 0 Å². The molecule has 2 N–H and O–H groups in total. The van der Waals surface area contributed by atoms with Gasteiger partial charge in [-0.15, -0.1) is 0 Å². The minimum Gasteiger partial charge on any atom is -0.481 e. The van der Waals surface area contributed by atoms with Gasteiger partial charge < -0.3 is 15.4 Å². The Morgan fingerprint density at radius 2 is 2.12 bits per heavy atom. The minimum atomic E-state index is -0.182. The lowest BCUT2D eigenvalue weighted by Crippen LogP contribution is -2.40. The summed E-state index contributed by atoms with van der Waals surface area (Å²) in [6, 6.07) is 10.7. The van der Waals surface area contributed by atoms with Gasteiger partial charge in [-0.3, -0.25) is 4.99 Å². The highest BCUT2D eigenvalue weighted by atomic mass is 19.1. The highest BCUT2D eigenvalue weighted by Gasteiger charge is 2.44. The van der Waals surface area contributed by atoms with Gasteiger partial charge in [0.25, 0.3) is 0 Å². The van der Waals surface area contributed by atoms with Crippen molar-refractivity contribution in [3.05, 3.63) is 59.5 Å². The van der Waals surface area contributed by atoms with E-state index < -0.39 is 0 Å². The Hall–Kier alpha value is -2.63. The van der Waals surface area contributed by atoms with Crippen LogP contribution in [0.15, 0.2) is 47.6 Å². The maximum Gasteiger partial charge on any atom is 0.213 e. The highest BCUT2D eigenvalue weighted by molar-refractivity contribution is 5.79. The highest BCUT2D eigenvalue weighted by Crippen LogP contribution is 2.47. The Morgan fingerprint density at radius 3 is 2.80 bits per heavy atom. The molecule has 0 atom stereocenters. The molecule has 25 heavy (non-hydrogen) atoms. The van der Waals surface area contributed by atoms with Gasteiger partial charge in [0.2, 0.25) is 5.88 Å². The van der Waals surface area contributed by atoms with E-state index >= 15 is 0 Å².